The van der Waals surface area contributed by atoms with E-state index in [1.165, 1.54) is 11.3 Å². The van der Waals surface area contributed by atoms with E-state index in [-0.39, 0.29) is 23.6 Å². The number of benzene rings is 1. The molecule has 1 aromatic carbocycles. The summed E-state index contributed by atoms with van der Waals surface area (Å²) in [6, 6.07) is 4.96. The van der Waals surface area contributed by atoms with Crippen molar-refractivity contribution in [3.63, 3.8) is 0 Å². The maximum absolute atomic E-state index is 12.2. The van der Waals surface area contributed by atoms with Gasteiger partial charge in [0, 0.05) is 23.1 Å². The summed E-state index contributed by atoms with van der Waals surface area (Å²) in [4.78, 5) is 38.2. The van der Waals surface area contributed by atoms with Gasteiger partial charge < -0.3 is 14.0 Å². The standard InChI is InChI=1S/C16H11N3O7S/c1-24-15(20)10-4-11(6-12(5-10)19(22)23)16(21)25-7-13-17-14(18-26-13)9-2-3-27-8-9/h2-6,8H,7H2,1H3. The van der Waals surface area contributed by atoms with Crippen LogP contribution in [0.25, 0.3) is 11.4 Å². The number of nitro benzene ring substituents is 1. The Morgan fingerprint density at radius 2 is 2.00 bits per heavy atom. The van der Waals surface area contributed by atoms with Crippen LogP contribution < -0.4 is 0 Å². The molecule has 3 aromatic rings. The molecule has 0 radical (unpaired) electrons. The number of aromatic nitrogens is 2. The number of ether oxygens (including phenoxy) is 2. The monoisotopic (exact) mass is 389 g/mol. The predicted molar refractivity (Wildman–Crippen MR) is 91.2 cm³/mol. The van der Waals surface area contributed by atoms with Crippen molar-refractivity contribution < 1.29 is 28.5 Å². The Labute approximate surface area is 155 Å². The molecule has 0 saturated carbocycles. The van der Waals surface area contributed by atoms with Gasteiger partial charge in [0.1, 0.15) is 0 Å². The third-order valence-electron chi connectivity index (χ3n) is 3.36. The van der Waals surface area contributed by atoms with E-state index in [2.05, 4.69) is 14.9 Å². The third kappa shape index (κ3) is 4.15. The van der Waals surface area contributed by atoms with E-state index < -0.39 is 22.5 Å². The van der Waals surface area contributed by atoms with Gasteiger partial charge in [-0.15, -0.1) is 0 Å². The van der Waals surface area contributed by atoms with Gasteiger partial charge in [0.25, 0.3) is 11.6 Å². The number of nitrogens with zero attached hydrogens (tertiary/aromatic N) is 3. The molecule has 0 saturated heterocycles. The molecule has 0 unspecified atom stereocenters. The maximum Gasteiger partial charge on any atom is 0.338 e. The van der Waals surface area contributed by atoms with Gasteiger partial charge in [-0.2, -0.15) is 16.3 Å². The zero-order chi connectivity index (χ0) is 19.4. The lowest BCUT2D eigenvalue weighted by atomic mass is 10.1. The highest BCUT2D eigenvalue weighted by molar-refractivity contribution is 7.08. The average Bonchev–Trinajstić information content (AvgIpc) is 3.36. The zero-order valence-electron chi connectivity index (χ0n) is 13.8. The van der Waals surface area contributed by atoms with Crippen molar-refractivity contribution in [2.75, 3.05) is 7.11 Å². The summed E-state index contributed by atoms with van der Waals surface area (Å²) in [6.45, 7) is -0.327. The average molecular weight is 389 g/mol. The van der Waals surface area contributed by atoms with Crippen molar-refractivity contribution in [2.24, 2.45) is 0 Å². The highest BCUT2D eigenvalue weighted by Crippen LogP contribution is 2.21. The van der Waals surface area contributed by atoms with Gasteiger partial charge in [0.05, 0.1) is 23.2 Å². The molecule has 0 N–H and O–H groups in total. The molecular formula is C16H11N3O7S. The Morgan fingerprint density at radius 3 is 2.63 bits per heavy atom. The number of thiophene rings is 1. The van der Waals surface area contributed by atoms with Crippen LogP contribution >= 0.6 is 11.3 Å². The van der Waals surface area contributed by atoms with Crippen LogP contribution in [0, 0.1) is 10.1 Å². The van der Waals surface area contributed by atoms with Crippen molar-refractivity contribution in [3.05, 3.63) is 62.2 Å². The summed E-state index contributed by atoms with van der Waals surface area (Å²) < 4.78 is 14.6. The highest BCUT2D eigenvalue weighted by atomic mass is 32.1. The number of rotatable bonds is 6. The first-order chi connectivity index (χ1) is 13.0. The minimum absolute atomic E-state index is 0.0585. The lowest BCUT2D eigenvalue weighted by Gasteiger charge is -2.05. The number of carbonyl (C=O) groups excluding carboxylic acids is 2. The maximum atomic E-state index is 12.2. The largest absolute Gasteiger partial charge is 0.465 e. The second kappa shape index (κ2) is 7.74. The van der Waals surface area contributed by atoms with Crippen LogP contribution in [0.5, 0.6) is 0 Å². The number of hydrogen-bond donors (Lipinski definition) is 0. The molecule has 2 heterocycles. The van der Waals surface area contributed by atoms with Crippen molar-refractivity contribution in [1.29, 1.82) is 0 Å². The van der Waals surface area contributed by atoms with Crippen LogP contribution in [0.3, 0.4) is 0 Å². The van der Waals surface area contributed by atoms with Crippen molar-refractivity contribution in [1.82, 2.24) is 10.1 Å². The fourth-order valence-electron chi connectivity index (χ4n) is 2.10. The summed E-state index contributed by atoms with van der Waals surface area (Å²) in [6.07, 6.45) is 0. The molecule has 0 aliphatic carbocycles. The van der Waals surface area contributed by atoms with Gasteiger partial charge in [0.15, 0.2) is 6.61 Å². The van der Waals surface area contributed by atoms with E-state index in [4.69, 9.17) is 9.26 Å². The molecule has 0 spiro atoms. The van der Waals surface area contributed by atoms with Crippen LogP contribution in [0.4, 0.5) is 5.69 Å². The molecule has 0 atom stereocenters. The molecule has 3 rings (SSSR count). The molecule has 138 valence electrons. The summed E-state index contributed by atoms with van der Waals surface area (Å²) in [7, 11) is 1.12. The van der Waals surface area contributed by atoms with Gasteiger partial charge in [-0.05, 0) is 17.5 Å². The van der Waals surface area contributed by atoms with Gasteiger partial charge in [-0.3, -0.25) is 10.1 Å². The summed E-state index contributed by atoms with van der Waals surface area (Å²) in [5.41, 5.74) is 0.00322. The first-order valence-corrected chi connectivity index (χ1v) is 8.32. The van der Waals surface area contributed by atoms with Crippen LogP contribution in [0.2, 0.25) is 0 Å². The molecule has 2 aromatic heterocycles. The molecular weight excluding hydrogens is 378 g/mol. The topological polar surface area (TPSA) is 135 Å². The molecule has 0 bridgehead atoms. The van der Waals surface area contributed by atoms with Crippen LogP contribution in [-0.4, -0.2) is 34.1 Å². The number of non-ortho nitro benzene ring substituents is 1. The molecule has 0 fully saturated rings. The summed E-state index contributed by atoms with van der Waals surface area (Å²) >= 11 is 1.47. The van der Waals surface area contributed by atoms with Crippen molar-refractivity contribution in [3.8, 4) is 11.4 Å². The number of methoxy groups -OCH3 is 1. The first kappa shape index (κ1) is 18.2. The minimum Gasteiger partial charge on any atom is -0.465 e. The highest BCUT2D eigenvalue weighted by Gasteiger charge is 2.20. The number of carbonyl (C=O) groups is 2. The Balaban J connectivity index is 1.75. The SMILES string of the molecule is COC(=O)c1cc(C(=O)OCc2nc(-c3ccsc3)no2)cc([N+](=O)[O-])c1. The Bertz CT molecular complexity index is 997. The Morgan fingerprint density at radius 1 is 1.26 bits per heavy atom. The number of nitro groups is 1. The normalized spacial score (nSPS) is 10.4. The molecule has 10 nitrogen and oxygen atoms in total. The van der Waals surface area contributed by atoms with Crippen LogP contribution in [0.15, 0.2) is 39.5 Å². The Hall–Kier alpha value is -3.60. The predicted octanol–water partition coefficient (Wildman–Crippen LogP) is 2.85. The fourth-order valence-corrected chi connectivity index (χ4v) is 2.74. The molecule has 27 heavy (non-hydrogen) atoms. The number of hydrogen-bond acceptors (Lipinski definition) is 10. The van der Waals surface area contributed by atoms with Crippen molar-refractivity contribution in [2.45, 2.75) is 6.61 Å². The molecule has 0 amide bonds. The molecule has 11 heteroatoms. The van der Waals surface area contributed by atoms with E-state index in [1.54, 1.807) is 0 Å². The first-order valence-electron chi connectivity index (χ1n) is 7.38. The minimum atomic E-state index is -0.890. The second-order valence-electron chi connectivity index (χ2n) is 5.12. The van der Waals surface area contributed by atoms with Gasteiger partial charge >= 0.3 is 11.9 Å². The van der Waals surface area contributed by atoms with E-state index in [0.29, 0.717) is 5.82 Å². The molecule has 0 aliphatic rings. The molecule has 0 aliphatic heterocycles. The number of esters is 2. The van der Waals surface area contributed by atoms with Crippen LogP contribution in [0.1, 0.15) is 26.6 Å². The summed E-state index contributed by atoms with van der Waals surface area (Å²) in [5, 5.41) is 18.5. The van der Waals surface area contributed by atoms with Gasteiger partial charge in [-0.1, -0.05) is 5.16 Å². The van der Waals surface area contributed by atoms with Crippen LogP contribution in [-0.2, 0) is 16.1 Å². The second-order valence-corrected chi connectivity index (χ2v) is 5.90. The fraction of sp³-hybridized carbons (Fsp3) is 0.125. The van der Waals surface area contributed by atoms with Gasteiger partial charge in [0.2, 0.25) is 5.82 Å². The van der Waals surface area contributed by atoms with E-state index >= 15 is 0 Å². The van der Waals surface area contributed by atoms with Crippen molar-refractivity contribution >= 4 is 29.0 Å². The van der Waals surface area contributed by atoms with E-state index in [0.717, 1.165) is 30.9 Å². The third-order valence-corrected chi connectivity index (χ3v) is 4.04. The van der Waals surface area contributed by atoms with Gasteiger partial charge in [-0.25, -0.2) is 9.59 Å². The quantitative estimate of drug-likeness (QED) is 0.354. The smallest absolute Gasteiger partial charge is 0.338 e. The summed E-state index contributed by atoms with van der Waals surface area (Å²) in [5.74, 6) is -1.29. The zero-order valence-corrected chi connectivity index (χ0v) is 14.6. The lowest BCUT2D eigenvalue weighted by Crippen LogP contribution is -2.09. The van der Waals surface area contributed by atoms with E-state index in [1.807, 2.05) is 16.8 Å². The lowest BCUT2D eigenvalue weighted by molar-refractivity contribution is -0.384. The Kier molecular flexibility index (Phi) is 5.22. The van der Waals surface area contributed by atoms with E-state index in [9.17, 15) is 19.7 Å².